The Balaban J connectivity index is 1.71. The van der Waals surface area contributed by atoms with Crippen molar-refractivity contribution in [1.29, 1.82) is 0 Å². The standard InChI is InChI=1S/C15H17NOS/c1-11-6-7-12(18-11)10-16-14-8-9-17-15-5-3-2-4-13(14)15/h2-7,14,16H,8-10H2,1H3. The Bertz CT molecular complexity index is 535. The predicted octanol–water partition coefficient (Wildman–Crippen LogP) is 3.67. The first-order valence-electron chi connectivity index (χ1n) is 6.33. The molecule has 94 valence electrons. The summed E-state index contributed by atoms with van der Waals surface area (Å²) in [7, 11) is 0. The maximum atomic E-state index is 5.67. The Hall–Kier alpha value is -1.32. The molecule has 1 unspecified atom stereocenters. The van der Waals surface area contributed by atoms with Crippen molar-refractivity contribution < 1.29 is 4.74 Å². The molecule has 2 nitrogen and oxygen atoms in total. The van der Waals surface area contributed by atoms with Crippen LogP contribution in [0.3, 0.4) is 0 Å². The van der Waals surface area contributed by atoms with Crippen LogP contribution in [0.1, 0.15) is 27.8 Å². The molecule has 1 aliphatic rings. The zero-order valence-electron chi connectivity index (χ0n) is 10.5. The van der Waals surface area contributed by atoms with E-state index in [9.17, 15) is 0 Å². The Labute approximate surface area is 112 Å². The molecule has 0 aliphatic carbocycles. The first kappa shape index (κ1) is 11.8. The third-order valence-corrected chi connectivity index (χ3v) is 4.28. The molecule has 2 heterocycles. The second-order valence-corrected chi connectivity index (χ2v) is 5.99. The van der Waals surface area contributed by atoms with E-state index in [0.717, 1.165) is 25.3 Å². The highest BCUT2D eigenvalue weighted by atomic mass is 32.1. The first-order chi connectivity index (χ1) is 8.83. The maximum Gasteiger partial charge on any atom is 0.124 e. The van der Waals surface area contributed by atoms with E-state index in [-0.39, 0.29) is 0 Å². The molecule has 0 radical (unpaired) electrons. The van der Waals surface area contributed by atoms with Crippen LogP contribution < -0.4 is 10.1 Å². The summed E-state index contributed by atoms with van der Waals surface area (Å²) >= 11 is 1.86. The highest BCUT2D eigenvalue weighted by Gasteiger charge is 2.20. The van der Waals surface area contributed by atoms with Crippen molar-refractivity contribution in [3.05, 3.63) is 51.7 Å². The molecule has 0 amide bonds. The van der Waals surface area contributed by atoms with Gasteiger partial charge >= 0.3 is 0 Å². The van der Waals surface area contributed by atoms with Crippen LogP contribution in [0.4, 0.5) is 0 Å². The Kier molecular flexibility index (Phi) is 3.35. The third-order valence-electron chi connectivity index (χ3n) is 3.28. The molecule has 1 atom stereocenters. The Morgan fingerprint density at radius 2 is 2.17 bits per heavy atom. The van der Waals surface area contributed by atoms with Crippen molar-refractivity contribution in [3.8, 4) is 5.75 Å². The summed E-state index contributed by atoms with van der Waals surface area (Å²) in [6, 6.07) is 13.1. The highest BCUT2D eigenvalue weighted by molar-refractivity contribution is 7.11. The summed E-state index contributed by atoms with van der Waals surface area (Å²) in [5, 5.41) is 3.64. The minimum Gasteiger partial charge on any atom is -0.493 e. The number of nitrogens with one attached hydrogen (secondary N) is 1. The molecule has 0 saturated heterocycles. The zero-order valence-corrected chi connectivity index (χ0v) is 11.3. The van der Waals surface area contributed by atoms with Crippen LogP contribution in [0.2, 0.25) is 0 Å². The van der Waals surface area contributed by atoms with Gasteiger partial charge in [-0.1, -0.05) is 18.2 Å². The quantitative estimate of drug-likeness (QED) is 0.908. The maximum absolute atomic E-state index is 5.67. The topological polar surface area (TPSA) is 21.3 Å². The number of benzene rings is 1. The van der Waals surface area contributed by atoms with Gasteiger partial charge in [0.25, 0.3) is 0 Å². The average molecular weight is 259 g/mol. The summed E-state index contributed by atoms with van der Waals surface area (Å²) in [6.45, 7) is 3.90. The number of rotatable bonds is 3. The predicted molar refractivity (Wildman–Crippen MR) is 75.2 cm³/mol. The number of thiophene rings is 1. The zero-order chi connectivity index (χ0) is 12.4. The lowest BCUT2D eigenvalue weighted by molar-refractivity contribution is 0.252. The molecule has 3 rings (SSSR count). The first-order valence-corrected chi connectivity index (χ1v) is 7.15. The molecule has 1 aromatic carbocycles. The minimum atomic E-state index is 0.414. The van der Waals surface area contributed by atoms with E-state index in [1.807, 2.05) is 17.4 Å². The molecule has 0 spiro atoms. The van der Waals surface area contributed by atoms with Crippen molar-refractivity contribution in [2.45, 2.75) is 25.9 Å². The van der Waals surface area contributed by atoms with Crippen molar-refractivity contribution >= 4 is 11.3 Å². The fraction of sp³-hybridized carbons (Fsp3) is 0.333. The van der Waals surface area contributed by atoms with Gasteiger partial charge in [0.15, 0.2) is 0 Å². The molecule has 1 aliphatic heterocycles. The number of hydrogen-bond donors (Lipinski definition) is 1. The van der Waals surface area contributed by atoms with E-state index in [2.05, 4.69) is 42.6 Å². The lowest BCUT2D eigenvalue weighted by Crippen LogP contribution is -2.26. The van der Waals surface area contributed by atoms with E-state index in [0.29, 0.717) is 6.04 Å². The van der Waals surface area contributed by atoms with Crippen molar-refractivity contribution in [1.82, 2.24) is 5.32 Å². The molecule has 0 saturated carbocycles. The third kappa shape index (κ3) is 2.42. The highest BCUT2D eigenvalue weighted by Crippen LogP contribution is 2.31. The minimum absolute atomic E-state index is 0.414. The van der Waals surface area contributed by atoms with Crippen molar-refractivity contribution in [2.24, 2.45) is 0 Å². The average Bonchev–Trinajstić information content (AvgIpc) is 2.82. The molecule has 1 N–H and O–H groups in total. The summed E-state index contributed by atoms with van der Waals surface area (Å²) in [5.74, 6) is 1.03. The fourth-order valence-corrected chi connectivity index (χ4v) is 3.20. The summed E-state index contributed by atoms with van der Waals surface area (Å²) in [4.78, 5) is 2.77. The largest absolute Gasteiger partial charge is 0.493 e. The fourth-order valence-electron chi connectivity index (χ4n) is 2.36. The summed E-state index contributed by atoms with van der Waals surface area (Å²) < 4.78 is 5.67. The van der Waals surface area contributed by atoms with Crippen LogP contribution in [0.25, 0.3) is 0 Å². The van der Waals surface area contributed by atoms with Gasteiger partial charge < -0.3 is 10.1 Å². The van der Waals surface area contributed by atoms with Crippen molar-refractivity contribution in [2.75, 3.05) is 6.61 Å². The lowest BCUT2D eigenvalue weighted by Gasteiger charge is -2.26. The van der Waals surface area contributed by atoms with E-state index in [1.54, 1.807) is 0 Å². The van der Waals surface area contributed by atoms with Crippen LogP contribution in [0, 0.1) is 6.92 Å². The second-order valence-electron chi connectivity index (χ2n) is 4.62. The molecular weight excluding hydrogens is 242 g/mol. The van der Waals surface area contributed by atoms with Gasteiger partial charge in [0.1, 0.15) is 5.75 Å². The number of para-hydroxylation sites is 1. The van der Waals surface area contributed by atoms with Crippen molar-refractivity contribution in [3.63, 3.8) is 0 Å². The van der Waals surface area contributed by atoms with Gasteiger partial charge in [-0.15, -0.1) is 11.3 Å². The van der Waals surface area contributed by atoms with Crippen LogP contribution in [0.5, 0.6) is 5.75 Å². The van der Waals surface area contributed by atoms with Crippen LogP contribution >= 0.6 is 11.3 Å². The molecule has 0 bridgehead atoms. The summed E-state index contributed by atoms with van der Waals surface area (Å²) in [6.07, 6.45) is 1.04. The van der Waals surface area contributed by atoms with Gasteiger partial charge in [0.2, 0.25) is 0 Å². The summed E-state index contributed by atoms with van der Waals surface area (Å²) in [5.41, 5.74) is 1.29. The van der Waals surface area contributed by atoms with E-state index in [4.69, 9.17) is 4.74 Å². The van der Waals surface area contributed by atoms with Gasteiger partial charge in [-0.25, -0.2) is 0 Å². The number of ether oxygens (including phenoxy) is 1. The number of hydrogen-bond acceptors (Lipinski definition) is 3. The number of aryl methyl sites for hydroxylation is 1. The number of fused-ring (bicyclic) bond motifs is 1. The van der Waals surface area contributed by atoms with Gasteiger partial charge in [0.05, 0.1) is 6.61 Å². The van der Waals surface area contributed by atoms with Gasteiger partial charge in [-0.3, -0.25) is 0 Å². The molecule has 18 heavy (non-hydrogen) atoms. The van der Waals surface area contributed by atoms with E-state index < -0.39 is 0 Å². The second kappa shape index (κ2) is 5.12. The monoisotopic (exact) mass is 259 g/mol. The Morgan fingerprint density at radius 3 is 3.00 bits per heavy atom. The SMILES string of the molecule is Cc1ccc(CNC2CCOc3ccccc32)s1. The lowest BCUT2D eigenvalue weighted by atomic mass is 10.0. The normalized spacial score (nSPS) is 18.2. The van der Waals surface area contributed by atoms with Gasteiger partial charge in [-0.05, 0) is 25.1 Å². The molecule has 2 aromatic rings. The van der Waals surface area contributed by atoms with Crippen LogP contribution in [-0.4, -0.2) is 6.61 Å². The van der Waals surface area contributed by atoms with E-state index in [1.165, 1.54) is 15.3 Å². The molecule has 0 fully saturated rings. The Morgan fingerprint density at radius 1 is 1.28 bits per heavy atom. The van der Waals surface area contributed by atoms with Gasteiger partial charge in [0, 0.05) is 34.3 Å². The smallest absolute Gasteiger partial charge is 0.124 e. The molecular formula is C15H17NOS. The molecule has 1 aromatic heterocycles. The van der Waals surface area contributed by atoms with Crippen LogP contribution in [0.15, 0.2) is 36.4 Å². The van der Waals surface area contributed by atoms with E-state index >= 15 is 0 Å². The molecule has 3 heteroatoms. The van der Waals surface area contributed by atoms with Crippen LogP contribution in [-0.2, 0) is 6.54 Å². The van der Waals surface area contributed by atoms with Gasteiger partial charge in [-0.2, -0.15) is 0 Å².